The highest BCUT2D eigenvalue weighted by molar-refractivity contribution is 5.75. The van der Waals surface area contributed by atoms with Gasteiger partial charge in [0.2, 0.25) is 5.91 Å². The van der Waals surface area contributed by atoms with Crippen molar-refractivity contribution in [2.45, 2.75) is 96.3 Å². The lowest BCUT2D eigenvalue weighted by Gasteiger charge is -2.06. The third-order valence-corrected chi connectivity index (χ3v) is 4.60. The van der Waals surface area contributed by atoms with Crippen molar-refractivity contribution in [1.29, 1.82) is 0 Å². The third-order valence-electron chi connectivity index (χ3n) is 4.60. The van der Waals surface area contributed by atoms with Crippen LogP contribution in [0.1, 0.15) is 96.3 Å². The van der Waals surface area contributed by atoms with Gasteiger partial charge in [-0.2, -0.15) is 0 Å². The maximum atomic E-state index is 11.6. The number of unbranched alkanes of at least 4 members (excludes halogenated alkanes) is 12. The molecule has 0 aliphatic carbocycles. The standard InChI is InChI=1S/C21H41NO5/c23-17-19-27-18-16-22-20(24)14-12-10-8-6-4-2-1-3-5-7-9-11-13-15-21(25)26/h23H,1-19H2,(H,22,24)(H,25,26). The fourth-order valence-corrected chi connectivity index (χ4v) is 3.02. The van der Waals surface area contributed by atoms with Crippen LogP contribution in [0.4, 0.5) is 0 Å². The minimum Gasteiger partial charge on any atom is -0.481 e. The molecule has 0 aromatic rings. The van der Waals surface area contributed by atoms with Crippen LogP contribution in [0.15, 0.2) is 0 Å². The Morgan fingerprint density at radius 2 is 1.11 bits per heavy atom. The summed E-state index contributed by atoms with van der Waals surface area (Å²) in [5.74, 6) is -0.593. The predicted molar refractivity (Wildman–Crippen MR) is 108 cm³/mol. The Morgan fingerprint density at radius 3 is 1.56 bits per heavy atom. The molecule has 0 aliphatic rings. The van der Waals surface area contributed by atoms with Crippen LogP contribution in [0.25, 0.3) is 0 Å². The number of ether oxygens (including phenoxy) is 1. The van der Waals surface area contributed by atoms with Crippen LogP contribution in [0, 0.1) is 0 Å². The van der Waals surface area contributed by atoms with Crippen LogP contribution in [0.3, 0.4) is 0 Å². The molecular weight excluding hydrogens is 346 g/mol. The van der Waals surface area contributed by atoms with Gasteiger partial charge < -0.3 is 20.3 Å². The van der Waals surface area contributed by atoms with Gasteiger partial charge in [-0.25, -0.2) is 0 Å². The van der Waals surface area contributed by atoms with E-state index in [4.69, 9.17) is 14.9 Å². The molecule has 27 heavy (non-hydrogen) atoms. The van der Waals surface area contributed by atoms with Gasteiger partial charge in [0.1, 0.15) is 0 Å². The van der Waals surface area contributed by atoms with Crippen LogP contribution in [-0.4, -0.2) is 48.5 Å². The lowest BCUT2D eigenvalue weighted by molar-refractivity contribution is -0.137. The molecule has 0 rings (SSSR count). The molecule has 0 saturated heterocycles. The van der Waals surface area contributed by atoms with Gasteiger partial charge in [-0.15, -0.1) is 0 Å². The molecule has 0 bridgehead atoms. The molecule has 160 valence electrons. The molecule has 0 aromatic carbocycles. The van der Waals surface area contributed by atoms with E-state index in [2.05, 4.69) is 5.32 Å². The SMILES string of the molecule is O=C(O)CCCCCCCCCCCCCCCC(=O)NCCOCCO. The van der Waals surface area contributed by atoms with Gasteiger partial charge >= 0.3 is 5.97 Å². The molecule has 1 amide bonds. The Balaban J connectivity index is 3.12. The summed E-state index contributed by atoms with van der Waals surface area (Å²) in [7, 11) is 0. The van der Waals surface area contributed by atoms with E-state index in [1.54, 1.807) is 0 Å². The van der Waals surface area contributed by atoms with Crippen molar-refractivity contribution in [3.05, 3.63) is 0 Å². The van der Waals surface area contributed by atoms with Crippen LogP contribution < -0.4 is 5.32 Å². The number of hydrogen-bond donors (Lipinski definition) is 3. The van der Waals surface area contributed by atoms with Gasteiger partial charge in [0.15, 0.2) is 0 Å². The number of amides is 1. The Morgan fingerprint density at radius 1 is 0.667 bits per heavy atom. The van der Waals surface area contributed by atoms with Crippen molar-refractivity contribution in [2.75, 3.05) is 26.4 Å². The van der Waals surface area contributed by atoms with Gasteiger partial charge in [0, 0.05) is 19.4 Å². The number of nitrogens with one attached hydrogen (secondary N) is 1. The lowest BCUT2D eigenvalue weighted by atomic mass is 10.0. The van der Waals surface area contributed by atoms with E-state index in [1.807, 2.05) is 0 Å². The summed E-state index contributed by atoms with van der Waals surface area (Å²) in [5, 5.41) is 19.9. The Bertz CT molecular complexity index is 349. The van der Waals surface area contributed by atoms with E-state index in [0.717, 1.165) is 32.1 Å². The van der Waals surface area contributed by atoms with Crippen LogP contribution in [0.2, 0.25) is 0 Å². The Kier molecular flexibility index (Phi) is 20.3. The van der Waals surface area contributed by atoms with E-state index in [9.17, 15) is 9.59 Å². The van der Waals surface area contributed by atoms with Gasteiger partial charge in [-0.3, -0.25) is 9.59 Å². The molecule has 0 aliphatic heterocycles. The van der Waals surface area contributed by atoms with Gasteiger partial charge in [0.05, 0.1) is 19.8 Å². The summed E-state index contributed by atoms with van der Waals surface area (Å²) >= 11 is 0. The highest BCUT2D eigenvalue weighted by Crippen LogP contribution is 2.13. The van der Waals surface area contributed by atoms with E-state index in [0.29, 0.717) is 32.6 Å². The molecule has 6 nitrogen and oxygen atoms in total. The summed E-state index contributed by atoms with van der Waals surface area (Å²) in [6, 6.07) is 0. The average molecular weight is 388 g/mol. The Hall–Kier alpha value is -1.14. The number of rotatable bonds is 21. The summed E-state index contributed by atoms with van der Waals surface area (Å²) < 4.78 is 5.08. The molecule has 3 N–H and O–H groups in total. The number of hydrogen-bond acceptors (Lipinski definition) is 4. The van der Waals surface area contributed by atoms with E-state index in [-0.39, 0.29) is 12.5 Å². The topological polar surface area (TPSA) is 95.9 Å². The highest BCUT2D eigenvalue weighted by Gasteiger charge is 2.00. The van der Waals surface area contributed by atoms with E-state index in [1.165, 1.54) is 51.4 Å². The molecule has 6 heteroatoms. The molecule has 0 atom stereocenters. The van der Waals surface area contributed by atoms with Crippen LogP contribution >= 0.6 is 0 Å². The monoisotopic (exact) mass is 387 g/mol. The van der Waals surface area contributed by atoms with Crippen molar-refractivity contribution in [3.8, 4) is 0 Å². The van der Waals surface area contributed by atoms with Crippen molar-refractivity contribution < 1.29 is 24.5 Å². The van der Waals surface area contributed by atoms with Gasteiger partial charge in [0.25, 0.3) is 0 Å². The number of carbonyl (C=O) groups excluding carboxylic acids is 1. The predicted octanol–water partition coefficient (Wildman–Crippen LogP) is 4.05. The van der Waals surface area contributed by atoms with Gasteiger partial charge in [-0.05, 0) is 12.8 Å². The summed E-state index contributed by atoms with van der Waals surface area (Å²) in [5.41, 5.74) is 0. The van der Waals surface area contributed by atoms with Crippen molar-refractivity contribution in [1.82, 2.24) is 5.32 Å². The largest absolute Gasteiger partial charge is 0.481 e. The molecule has 0 heterocycles. The number of aliphatic hydroxyl groups is 1. The fraction of sp³-hybridized carbons (Fsp3) is 0.905. The zero-order chi connectivity index (χ0) is 20.0. The smallest absolute Gasteiger partial charge is 0.303 e. The highest BCUT2D eigenvalue weighted by atomic mass is 16.5. The number of carboxylic acids is 1. The zero-order valence-corrected chi connectivity index (χ0v) is 17.1. The maximum absolute atomic E-state index is 11.6. The number of aliphatic carboxylic acids is 1. The Labute approximate surface area is 165 Å². The summed E-state index contributed by atoms with van der Waals surface area (Å²) in [6.07, 6.45) is 16.1. The second-order valence-electron chi connectivity index (χ2n) is 7.18. The normalized spacial score (nSPS) is 10.9. The van der Waals surface area contributed by atoms with Crippen molar-refractivity contribution in [3.63, 3.8) is 0 Å². The molecule has 0 radical (unpaired) electrons. The molecular formula is C21H41NO5. The molecule has 0 saturated carbocycles. The van der Waals surface area contributed by atoms with E-state index >= 15 is 0 Å². The minimum atomic E-state index is -0.682. The summed E-state index contributed by atoms with van der Waals surface area (Å²) in [4.78, 5) is 22.0. The molecule has 0 fully saturated rings. The maximum Gasteiger partial charge on any atom is 0.303 e. The van der Waals surface area contributed by atoms with E-state index < -0.39 is 5.97 Å². The zero-order valence-electron chi connectivity index (χ0n) is 17.1. The van der Waals surface area contributed by atoms with Gasteiger partial charge in [-0.1, -0.05) is 70.6 Å². The molecule has 0 spiro atoms. The summed E-state index contributed by atoms with van der Waals surface area (Å²) in [6.45, 7) is 1.31. The number of aliphatic hydroxyl groups excluding tert-OH is 1. The van der Waals surface area contributed by atoms with Crippen LogP contribution in [0.5, 0.6) is 0 Å². The lowest BCUT2D eigenvalue weighted by Crippen LogP contribution is -2.27. The second kappa shape index (κ2) is 21.2. The van der Waals surface area contributed by atoms with Crippen LogP contribution in [-0.2, 0) is 14.3 Å². The second-order valence-corrected chi connectivity index (χ2v) is 7.18. The number of carbonyl (C=O) groups is 2. The molecule has 0 unspecified atom stereocenters. The first-order valence-corrected chi connectivity index (χ1v) is 10.8. The van der Waals surface area contributed by atoms with Crippen molar-refractivity contribution >= 4 is 11.9 Å². The van der Waals surface area contributed by atoms with Crippen molar-refractivity contribution in [2.24, 2.45) is 0 Å². The third kappa shape index (κ3) is 22.8. The average Bonchev–Trinajstić information content (AvgIpc) is 2.64. The first-order chi connectivity index (χ1) is 13.2. The quantitative estimate of drug-likeness (QED) is 0.258. The number of carboxylic acid groups (broad SMARTS) is 1. The minimum absolute atomic E-state index is 0.0180. The first kappa shape index (κ1) is 25.9. The first-order valence-electron chi connectivity index (χ1n) is 10.8. The molecule has 0 aromatic heterocycles. The fourth-order valence-electron chi connectivity index (χ4n) is 3.02.